The Hall–Kier alpha value is -2.63. The number of hydrogen-bond donors (Lipinski definition) is 2. The summed E-state index contributed by atoms with van der Waals surface area (Å²) in [6.07, 6.45) is 0. The molecule has 0 aromatic heterocycles. The minimum absolute atomic E-state index is 0.167. The molecule has 3 N–H and O–H groups in total. The quantitative estimate of drug-likeness (QED) is 0.437. The Balaban J connectivity index is 2.54. The molecule has 2 aromatic carbocycles. The maximum absolute atomic E-state index is 12.5. The summed E-state index contributed by atoms with van der Waals surface area (Å²) in [6.45, 7) is 0. The third kappa shape index (κ3) is 3.73. The van der Waals surface area contributed by atoms with Gasteiger partial charge in [-0.1, -0.05) is 23.2 Å². The van der Waals surface area contributed by atoms with Crippen LogP contribution in [-0.2, 0) is 10.0 Å². The van der Waals surface area contributed by atoms with Crippen LogP contribution < -0.4 is 10.5 Å². The van der Waals surface area contributed by atoms with Crippen molar-refractivity contribution in [1.82, 2.24) is 0 Å². The molecule has 132 valence electrons. The Kier molecular flexibility index (Phi) is 5.02. The van der Waals surface area contributed by atoms with E-state index in [0.717, 1.165) is 24.3 Å². The van der Waals surface area contributed by atoms with E-state index in [-0.39, 0.29) is 16.4 Å². The first kappa shape index (κ1) is 18.7. The largest absolute Gasteiger partial charge is 0.393 e. The van der Waals surface area contributed by atoms with Crippen LogP contribution in [-0.4, -0.2) is 18.3 Å². The second kappa shape index (κ2) is 6.70. The van der Waals surface area contributed by atoms with Crippen LogP contribution in [0.3, 0.4) is 0 Å². The number of nitrogens with two attached hydrogens (primary N) is 1. The van der Waals surface area contributed by atoms with E-state index in [2.05, 4.69) is 0 Å². The molecular formula is C12H8Cl2N4O6S. The molecule has 0 aliphatic rings. The van der Waals surface area contributed by atoms with E-state index in [4.69, 9.17) is 28.9 Å². The zero-order valence-corrected chi connectivity index (χ0v) is 14.3. The van der Waals surface area contributed by atoms with Crippen molar-refractivity contribution < 1.29 is 18.3 Å². The summed E-state index contributed by atoms with van der Waals surface area (Å²) in [4.78, 5) is 19.4. The number of nitrogen functional groups attached to an aromatic ring is 1. The zero-order valence-electron chi connectivity index (χ0n) is 12.0. The van der Waals surface area contributed by atoms with Crippen molar-refractivity contribution in [3.05, 3.63) is 60.6 Å². The molecule has 2 rings (SSSR count). The van der Waals surface area contributed by atoms with Gasteiger partial charge in [-0.05, 0) is 18.2 Å². The lowest BCUT2D eigenvalue weighted by molar-refractivity contribution is -0.384. The summed E-state index contributed by atoms with van der Waals surface area (Å²) in [6, 6.07) is 5.17. The molecule has 0 aliphatic heterocycles. The number of nitro groups is 2. The number of nitrogens with zero attached hydrogens (tertiary/aromatic N) is 2. The third-order valence-electron chi connectivity index (χ3n) is 2.97. The molecule has 0 unspecified atom stereocenters. The minimum Gasteiger partial charge on any atom is -0.393 e. The van der Waals surface area contributed by atoms with Gasteiger partial charge in [0.25, 0.3) is 21.4 Å². The third-order valence-corrected chi connectivity index (χ3v) is 5.36. The van der Waals surface area contributed by atoms with E-state index in [1.54, 1.807) is 0 Å². The maximum atomic E-state index is 12.5. The van der Waals surface area contributed by atoms with Crippen molar-refractivity contribution in [1.29, 1.82) is 0 Å². The first-order chi connectivity index (χ1) is 11.5. The Morgan fingerprint density at radius 2 is 1.60 bits per heavy atom. The van der Waals surface area contributed by atoms with Gasteiger partial charge >= 0.3 is 0 Å². The van der Waals surface area contributed by atoms with Crippen molar-refractivity contribution in [3.8, 4) is 0 Å². The van der Waals surface area contributed by atoms with Gasteiger partial charge in [0.1, 0.15) is 15.6 Å². The van der Waals surface area contributed by atoms with E-state index in [1.807, 2.05) is 4.72 Å². The molecule has 0 bridgehead atoms. The maximum Gasteiger partial charge on any atom is 0.294 e. The first-order valence-corrected chi connectivity index (χ1v) is 8.47. The fourth-order valence-electron chi connectivity index (χ4n) is 1.88. The standard InChI is InChI=1S/C12H8Cl2N4O6S/c13-7-2-4-9(17(19)20)11(14)12(7)25(23,24)16-6-1-3-8(15)10(5-6)18(21)22/h1-5,16H,15H2. The van der Waals surface area contributed by atoms with Crippen LogP contribution in [0.1, 0.15) is 0 Å². The molecule has 0 saturated carbocycles. The number of halogens is 2. The Morgan fingerprint density at radius 1 is 1.00 bits per heavy atom. The summed E-state index contributed by atoms with van der Waals surface area (Å²) in [7, 11) is -4.47. The number of nitrogens with one attached hydrogen (secondary N) is 1. The summed E-state index contributed by atoms with van der Waals surface area (Å²) in [5, 5.41) is 20.7. The molecule has 25 heavy (non-hydrogen) atoms. The Labute approximate surface area is 150 Å². The average molecular weight is 407 g/mol. The van der Waals surface area contributed by atoms with E-state index in [0.29, 0.717) is 0 Å². The topological polar surface area (TPSA) is 158 Å². The van der Waals surface area contributed by atoms with Crippen LogP contribution in [0.15, 0.2) is 35.2 Å². The smallest absolute Gasteiger partial charge is 0.294 e. The number of nitro benzene ring substituents is 2. The van der Waals surface area contributed by atoms with Gasteiger partial charge in [0.05, 0.1) is 20.6 Å². The predicted molar refractivity (Wildman–Crippen MR) is 91.4 cm³/mol. The Bertz CT molecular complexity index is 995. The lowest BCUT2D eigenvalue weighted by atomic mass is 10.2. The van der Waals surface area contributed by atoms with Crippen LogP contribution in [0.5, 0.6) is 0 Å². The van der Waals surface area contributed by atoms with Crippen molar-refractivity contribution in [2.45, 2.75) is 4.90 Å². The molecule has 2 aromatic rings. The second-order valence-electron chi connectivity index (χ2n) is 4.60. The van der Waals surface area contributed by atoms with Crippen LogP contribution in [0.25, 0.3) is 0 Å². The predicted octanol–water partition coefficient (Wildman–Crippen LogP) is 3.19. The summed E-state index contributed by atoms with van der Waals surface area (Å²) in [5.41, 5.74) is 3.89. The van der Waals surface area contributed by atoms with E-state index >= 15 is 0 Å². The molecule has 0 saturated heterocycles. The second-order valence-corrected chi connectivity index (χ2v) is 7.01. The fourth-order valence-corrected chi connectivity index (χ4v) is 4.13. The summed E-state index contributed by atoms with van der Waals surface area (Å²) >= 11 is 11.6. The zero-order chi connectivity index (χ0) is 18.9. The van der Waals surface area contributed by atoms with Gasteiger partial charge < -0.3 is 5.73 Å². The number of benzene rings is 2. The van der Waals surface area contributed by atoms with Crippen LogP contribution >= 0.6 is 23.2 Å². The molecule has 10 nitrogen and oxygen atoms in total. The van der Waals surface area contributed by atoms with Gasteiger partial charge in [-0.2, -0.15) is 0 Å². The van der Waals surface area contributed by atoms with E-state index < -0.39 is 41.2 Å². The molecule has 0 aliphatic carbocycles. The summed E-state index contributed by atoms with van der Waals surface area (Å²) < 4.78 is 27.0. The van der Waals surface area contributed by atoms with Crippen LogP contribution in [0.2, 0.25) is 10.0 Å². The highest BCUT2D eigenvalue weighted by atomic mass is 35.5. The molecule has 0 atom stereocenters. The molecular weight excluding hydrogens is 399 g/mol. The van der Waals surface area contributed by atoms with Gasteiger partial charge in [0, 0.05) is 12.1 Å². The van der Waals surface area contributed by atoms with Crippen LogP contribution in [0, 0.1) is 20.2 Å². The Morgan fingerprint density at radius 3 is 2.16 bits per heavy atom. The van der Waals surface area contributed by atoms with E-state index in [9.17, 15) is 28.6 Å². The number of hydrogen-bond acceptors (Lipinski definition) is 7. The summed E-state index contributed by atoms with van der Waals surface area (Å²) in [5.74, 6) is 0. The lowest BCUT2D eigenvalue weighted by Gasteiger charge is -2.11. The highest BCUT2D eigenvalue weighted by Crippen LogP contribution is 2.37. The van der Waals surface area contributed by atoms with Gasteiger partial charge in [0.15, 0.2) is 0 Å². The molecule has 0 radical (unpaired) electrons. The van der Waals surface area contributed by atoms with Crippen molar-refractivity contribution in [2.24, 2.45) is 0 Å². The van der Waals surface area contributed by atoms with Crippen molar-refractivity contribution in [2.75, 3.05) is 10.5 Å². The number of rotatable bonds is 5. The molecule has 13 heteroatoms. The number of anilines is 2. The van der Waals surface area contributed by atoms with Crippen molar-refractivity contribution in [3.63, 3.8) is 0 Å². The van der Waals surface area contributed by atoms with Gasteiger partial charge in [-0.15, -0.1) is 0 Å². The first-order valence-electron chi connectivity index (χ1n) is 6.23. The minimum atomic E-state index is -4.47. The number of sulfonamides is 1. The monoisotopic (exact) mass is 406 g/mol. The molecule has 0 heterocycles. The molecule has 0 amide bonds. The SMILES string of the molecule is Nc1ccc(NS(=O)(=O)c2c(Cl)ccc([N+](=O)[O-])c2Cl)cc1[N+](=O)[O-]. The lowest BCUT2D eigenvalue weighted by Crippen LogP contribution is -2.15. The van der Waals surface area contributed by atoms with Gasteiger partial charge in [0.2, 0.25) is 0 Å². The average Bonchev–Trinajstić information content (AvgIpc) is 2.48. The van der Waals surface area contributed by atoms with Crippen molar-refractivity contribution >= 4 is 56.0 Å². The van der Waals surface area contributed by atoms with Gasteiger partial charge in [-0.25, -0.2) is 8.42 Å². The highest BCUT2D eigenvalue weighted by Gasteiger charge is 2.28. The molecule has 0 fully saturated rings. The molecule has 0 spiro atoms. The van der Waals surface area contributed by atoms with Crippen LogP contribution in [0.4, 0.5) is 22.7 Å². The fraction of sp³-hybridized carbons (Fsp3) is 0. The normalized spacial score (nSPS) is 11.1. The van der Waals surface area contributed by atoms with E-state index in [1.165, 1.54) is 6.07 Å². The highest BCUT2D eigenvalue weighted by molar-refractivity contribution is 7.93. The van der Waals surface area contributed by atoms with Gasteiger partial charge in [-0.3, -0.25) is 25.0 Å².